The van der Waals surface area contributed by atoms with Crippen LogP contribution in [0.2, 0.25) is 5.02 Å². The van der Waals surface area contributed by atoms with Crippen LogP contribution in [0.3, 0.4) is 0 Å². The minimum atomic E-state index is -0.179. The Morgan fingerprint density at radius 3 is 2.36 bits per heavy atom. The number of hydrogen-bond acceptors (Lipinski definition) is 1. The first kappa shape index (κ1) is 16.3. The summed E-state index contributed by atoms with van der Waals surface area (Å²) >= 11 is 5.88. The van der Waals surface area contributed by atoms with Gasteiger partial charge in [-0.15, -0.1) is 0 Å². The van der Waals surface area contributed by atoms with Crippen molar-refractivity contribution in [3.05, 3.63) is 70.8 Å². The molecule has 0 saturated heterocycles. The third kappa shape index (κ3) is 4.74. The van der Waals surface area contributed by atoms with Crippen LogP contribution in [0.1, 0.15) is 31.9 Å². The fourth-order valence-corrected chi connectivity index (χ4v) is 2.21. The van der Waals surface area contributed by atoms with Crippen molar-refractivity contribution in [1.29, 1.82) is 0 Å². The van der Waals surface area contributed by atoms with Crippen LogP contribution >= 0.6 is 11.6 Å². The van der Waals surface area contributed by atoms with Gasteiger partial charge in [-0.3, -0.25) is 4.79 Å². The van der Waals surface area contributed by atoms with E-state index in [1.54, 1.807) is 30.3 Å². The van der Waals surface area contributed by atoms with E-state index in [1.165, 1.54) is 11.6 Å². The van der Waals surface area contributed by atoms with Gasteiger partial charge in [0.05, 0.1) is 0 Å². The third-order valence-corrected chi connectivity index (χ3v) is 3.53. The molecule has 0 fully saturated rings. The van der Waals surface area contributed by atoms with Crippen LogP contribution in [0.4, 0.5) is 5.69 Å². The second kappa shape index (κ2) is 6.80. The Hall–Kier alpha value is -2.06. The smallest absolute Gasteiger partial charge is 0.248 e. The van der Waals surface area contributed by atoms with E-state index in [2.05, 4.69) is 38.2 Å². The molecule has 0 atom stereocenters. The Balaban J connectivity index is 2.00. The highest BCUT2D eigenvalue weighted by Gasteiger charge is 2.12. The number of anilines is 1. The molecule has 3 heteroatoms. The maximum Gasteiger partial charge on any atom is 0.248 e. The highest BCUT2D eigenvalue weighted by Crippen LogP contribution is 2.22. The summed E-state index contributed by atoms with van der Waals surface area (Å²) in [5.41, 5.74) is 3.08. The molecule has 0 radical (unpaired) electrons. The van der Waals surface area contributed by atoms with Gasteiger partial charge in [0.2, 0.25) is 5.91 Å². The van der Waals surface area contributed by atoms with Crippen molar-refractivity contribution in [3.8, 4) is 0 Å². The van der Waals surface area contributed by atoms with Crippen molar-refractivity contribution in [1.82, 2.24) is 0 Å². The normalized spacial score (nSPS) is 11.6. The largest absolute Gasteiger partial charge is 0.322 e. The van der Waals surface area contributed by atoms with Crippen LogP contribution in [0.25, 0.3) is 6.08 Å². The van der Waals surface area contributed by atoms with Gasteiger partial charge in [0, 0.05) is 16.8 Å². The second-order valence-electron chi connectivity index (χ2n) is 6.20. The van der Waals surface area contributed by atoms with E-state index < -0.39 is 0 Å². The summed E-state index contributed by atoms with van der Waals surface area (Å²) in [6.07, 6.45) is 3.32. The van der Waals surface area contributed by atoms with Gasteiger partial charge in [0.15, 0.2) is 0 Å². The highest BCUT2D eigenvalue weighted by molar-refractivity contribution is 6.30. The number of rotatable bonds is 3. The Kier molecular flexibility index (Phi) is 5.04. The van der Waals surface area contributed by atoms with Gasteiger partial charge in [-0.05, 0) is 40.8 Å². The molecule has 0 aromatic heterocycles. The first-order valence-electron chi connectivity index (χ1n) is 7.20. The number of nitrogens with one attached hydrogen (secondary N) is 1. The minimum Gasteiger partial charge on any atom is -0.322 e. The number of amides is 1. The van der Waals surface area contributed by atoms with Crippen molar-refractivity contribution >= 4 is 29.3 Å². The van der Waals surface area contributed by atoms with E-state index in [4.69, 9.17) is 11.6 Å². The van der Waals surface area contributed by atoms with Crippen molar-refractivity contribution in [2.75, 3.05) is 5.32 Å². The lowest BCUT2D eigenvalue weighted by Crippen LogP contribution is -2.10. The van der Waals surface area contributed by atoms with Crippen molar-refractivity contribution in [2.45, 2.75) is 26.2 Å². The predicted molar refractivity (Wildman–Crippen MR) is 94.3 cm³/mol. The second-order valence-corrected chi connectivity index (χ2v) is 6.64. The Bertz CT molecular complexity index is 681. The van der Waals surface area contributed by atoms with Crippen molar-refractivity contribution in [3.63, 3.8) is 0 Å². The maximum absolute atomic E-state index is 11.9. The molecular weight excluding hydrogens is 294 g/mol. The van der Waals surface area contributed by atoms with Crippen LogP contribution in [-0.2, 0) is 10.2 Å². The summed E-state index contributed by atoms with van der Waals surface area (Å²) in [5, 5.41) is 3.38. The fraction of sp³-hybridized carbons (Fsp3) is 0.211. The number of carbonyl (C=O) groups excluding carboxylic acids is 1. The first-order valence-corrected chi connectivity index (χ1v) is 7.57. The lowest BCUT2D eigenvalue weighted by atomic mass is 9.87. The van der Waals surface area contributed by atoms with Crippen LogP contribution in [0.15, 0.2) is 54.6 Å². The topological polar surface area (TPSA) is 29.1 Å². The van der Waals surface area contributed by atoms with E-state index in [1.807, 2.05) is 12.1 Å². The SMILES string of the molecule is CC(C)(C)c1ccc(C=CC(=O)Nc2cccc(Cl)c2)cc1. The first-order chi connectivity index (χ1) is 10.3. The summed E-state index contributed by atoms with van der Waals surface area (Å²) in [5.74, 6) is -0.179. The molecule has 1 N–H and O–H groups in total. The molecule has 2 aromatic rings. The molecule has 1 amide bonds. The summed E-state index contributed by atoms with van der Waals surface area (Å²) in [6, 6.07) is 15.3. The third-order valence-electron chi connectivity index (χ3n) is 3.30. The lowest BCUT2D eigenvalue weighted by Gasteiger charge is -2.18. The Morgan fingerprint density at radius 1 is 1.09 bits per heavy atom. The average Bonchev–Trinajstić information content (AvgIpc) is 2.45. The zero-order valence-corrected chi connectivity index (χ0v) is 13.8. The number of benzene rings is 2. The molecular formula is C19H20ClNO. The molecule has 2 nitrogen and oxygen atoms in total. The quantitative estimate of drug-likeness (QED) is 0.766. The van der Waals surface area contributed by atoms with Gasteiger partial charge in [-0.25, -0.2) is 0 Å². The summed E-state index contributed by atoms with van der Waals surface area (Å²) in [4.78, 5) is 11.9. The van der Waals surface area contributed by atoms with Gasteiger partial charge >= 0.3 is 0 Å². The Labute approximate surface area is 136 Å². The highest BCUT2D eigenvalue weighted by atomic mass is 35.5. The van der Waals surface area contributed by atoms with Crippen molar-refractivity contribution < 1.29 is 4.79 Å². The standard InChI is InChI=1S/C19H20ClNO/c1-19(2,3)15-10-7-14(8-11-15)9-12-18(22)21-17-6-4-5-16(20)13-17/h4-13H,1-3H3,(H,21,22). The van der Waals surface area contributed by atoms with Gasteiger partial charge in [0.25, 0.3) is 0 Å². The Morgan fingerprint density at radius 2 is 1.77 bits per heavy atom. The molecule has 114 valence electrons. The van der Waals surface area contributed by atoms with Gasteiger partial charge in [0.1, 0.15) is 0 Å². The van der Waals surface area contributed by atoms with Gasteiger partial charge < -0.3 is 5.32 Å². The lowest BCUT2D eigenvalue weighted by molar-refractivity contribution is -0.111. The number of hydrogen-bond donors (Lipinski definition) is 1. The molecule has 22 heavy (non-hydrogen) atoms. The summed E-state index contributed by atoms with van der Waals surface area (Å²) in [6.45, 7) is 6.53. The number of carbonyl (C=O) groups is 1. The number of halogens is 1. The van der Waals surface area contributed by atoms with E-state index in [0.29, 0.717) is 10.7 Å². The van der Waals surface area contributed by atoms with Crippen LogP contribution in [0, 0.1) is 0 Å². The molecule has 0 aliphatic rings. The van der Waals surface area contributed by atoms with Crippen LogP contribution in [0.5, 0.6) is 0 Å². The van der Waals surface area contributed by atoms with Gasteiger partial charge in [-0.2, -0.15) is 0 Å². The average molecular weight is 314 g/mol. The zero-order valence-electron chi connectivity index (χ0n) is 13.1. The monoisotopic (exact) mass is 313 g/mol. The van der Waals surface area contributed by atoms with Crippen molar-refractivity contribution in [2.24, 2.45) is 0 Å². The van der Waals surface area contributed by atoms with E-state index >= 15 is 0 Å². The van der Waals surface area contributed by atoms with Crippen LogP contribution in [-0.4, -0.2) is 5.91 Å². The molecule has 0 heterocycles. The van der Waals surface area contributed by atoms with E-state index in [9.17, 15) is 4.79 Å². The molecule has 0 bridgehead atoms. The fourth-order valence-electron chi connectivity index (χ4n) is 2.02. The molecule has 0 unspecified atom stereocenters. The van der Waals surface area contributed by atoms with E-state index in [-0.39, 0.29) is 11.3 Å². The molecule has 0 saturated carbocycles. The molecule has 2 aromatic carbocycles. The minimum absolute atomic E-state index is 0.131. The zero-order chi connectivity index (χ0) is 16.2. The molecule has 2 rings (SSSR count). The molecule has 0 aliphatic heterocycles. The summed E-state index contributed by atoms with van der Waals surface area (Å²) in [7, 11) is 0. The summed E-state index contributed by atoms with van der Waals surface area (Å²) < 4.78 is 0. The van der Waals surface area contributed by atoms with Gasteiger partial charge in [-0.1, -0.05) is 62.7 Å². The molecule has 0 aliphatic carbocycles. The van der Waals surface area contributed by atoms with E-state index in [0.717, 1.165) is 5.56 Å². The maximum atomic E-state index is 11.9. The van der Waals surface area contributed by atoms with Crippen LogP contribution < -0.4 is 5.32 Å². The molecule has 0 spiro atoms. The predicted octanol–water partition coefficient (Wildman–Crippen LogP) is 5.29.